The summed E-state index contributed by atoms with van der Waals surface area (Å²) in [6.07, 6.45) is 21.5. The highest BCUT2D eigenvalue weighted by Gasteiger charge is 2.22. The summed E-state index contributed by atoms with van der Waals surface area (Å²) < 4.78 is 18.0. The summed E-state index contributed by atoms with van der Waals surface area (Å²) in [4.78, 5) is 39.7. The molecule has 0 fully saturated rings. The Morgan fingerprint density at radius 1 is 0.756 bits per heavy atom. The SMILES string of the molecule is CCCCCCCCCC(CCCCC/C=C(\F)C(=O)O)N(CCCCCCCC(=O)OC)C(=O)CCCN(C)C. The number of carbonyl (C=O) groups is 3. The molecule has 1 amide bonds. The van der Waals surface area contributed by atoms with Gasteiger partial charge in [0.25, 0.3) is 0 Å². The molecule has 41 heavy (non-hydrogen) atoms. The van der Waals surface area contributed by atoms with Crippen LogP contribution in [0.3, 0.4) is 0 Å². The third kappa shape index (κ3) is 23.3. The average molecular weight is 585 g/mol. The van der Waals surface area contributed by atoms with E-state index in [1.165, 1.54) is 45.6 Å². The number of amides is 1. The molecule has 1 unspecified atom stereocenters. The van der Waals surface area contributed by atoms with Gasteiger partial charge in [-0.15, -0.1) is 0 Å². The molecule has 0 aromatic heterocycles. The number of ether oxygens (including phenoxy) is 1. The minimum absolute atomic E-state index is 0.157. The maximum atomic E-state index is 13.5. The summed E-state index contributed by atoms with van der Waals surface area (Å²) in [7, 11) is 5.48. The lowest BCUT2D eigenvalue weighted by Gasteiger charge is -2.33. The Kier molecular flexibility index (Phi) is 25.6. The van der Waals surface area contributed by atoms with Crippen LogP contribution in [0.1, 0.15) is 142 Å². The van der Waals surface area contributed by atoms with E-state index in [2.05, 4.69) is 16.7 Å². The Labute approximate surface area is 250 Å². The van der Waals surface area contributed by atoms with Gasteiger partial charge in [0, 0.05) is 25.4 Å². The number of methoxy groups -OCH3 is 1. The van der Waals surface area contributed by atoms with Crippen molar-refractivity contribution in [3.05, 3.63) is 11.9 Å². The van der Waals surface area contributed by atoms with Crippen molar-refractivity contribution in [2.75, 3.05) is 34.3 Å². The highest BCUT2D eigenvalue weighted by molar-refractivity contribution is 5.83. The summed E-state index contributed by atoms with van der Waals surface area (Å²) in [5.41, 5.74) is 0. The molecular formula is C33H61FN2O5. The second-order valence-corrected chi connectivity index (χ2v) is 11.6. The molecule has 0 saturated heterocycles. The minimum Gasteiger partial charge on any atom is -0.476 e. The normalized spacial score (nSPS) is 12.5. The number of halogens is 1. The Balaban J connectivity index is 5.08. The molecule has 1 N–H and O–H groups in total. The zero-order valence-corrected chi connectivity index (χ0v) is 26.8. The molecule has 0 spiro atoms. The van der Waals surface area contributed by atoms with Gasteiger partial charge in [-0.25, -0.2) is 4.79 Å². The van der Waals surface area contributed by atoms with Crippen molar-refractivity contribution < 1.29 is 28.6 Å². The van der Waals surface area contributed by atoms with Crippen LogP contribution in [-0.4, -0.2) is 73.1 Å². The van der Waals surface area contributed by atoms with Gasteiger partial charge >= 0.3 is 11.9 Å². The monoisotopic (exact) mass is 584 g/mol. The first-order chi connectivity index (χ1) is 19.7. The predicted octanol–water partition coefficient (Wildman–Crippen LogP) is 8.07. The number of aliphatic carboxylic acids is 1. The van der Waals surface area contributed by atoms with E-state index >= 15 is 0 Å². The molecule has 7 nitrogen and oxygen atoms in total. The quantitative estimate of drug-likeness (QED) is 0.0568. The first-order valence-corrected chi connectivity index (χ1v) is 16.3. The van der Waals surface area contributed by atoms with E-state index in [0.29, 0.717) is 19.3 Å². The van der Waals surface area contributed by atoms with Crippen LogP contribution < -0.4 is 0 Å². The third-order valence-electron chi connectivity index (χ3n) is 7.67. The largest absolute Gasteiger partial charge is 0.476 e. The van der Waals surface area contributed by atoms with Crippen LogP contribution in [0.15, 0.2) is 11.9 Å². The van der Waals surface area contributed by atoms with Gasteiger partial charge in [0.15, 0.2) is 0 Å². The van der Waals surface area contributed by atoms with Crippen LogP contribution in [-0.2, 0) is 19.1 Å². The summed E-state index contributed by atoms with van der Waals surface area (Å²) in [5, 5.41) is 8.69. The number of unbranched alkanes of at least 4 members (excludes halogenated alkanes) is 13. The number of rotatable bonds is 28. The molecule has 0 aromatic rings. The van der Waals surface area contributed by atoms with Crippen LogP contribution in [0.4, 0.5) is 4.39 Å². The molecule has 0 aromatic carbocycles. The third-order valence-corrected chi connectivity index (χ3v) is 7.67. The van der Waals surface area contributed by atoms with Crippen molar-refractivity contribution in [2.24, 2.45) is 0 Å². The predicted molar refractivity (Wildman–Crippen MR) is 166 cm³/mol. The van der Waals surface area contributed by atoms with Gasteiger partial charge in [0.1, 0.15) is 0 Å². The van der Waals surface area contributed by atoms with Gasteiger partial charge in [0.2, 0.25) is 11.7 Å². The van der Waals surface area contributed by atoms with Crippen molar-refractivity contribution in [3.8, 4) is 0 Å². The molecule has 0 saturated carbocycles. The Hall–Kier alpha value is -1.96. The van der Waals surface area contributed by atoms with Crippen molar-refractivity contribution >= 4 is 17.8 Å². The van der Waals surface area contributed by atoms with Gasteiger partial charge in [0.05, 0.1) is 7.11 Å². The number of carbonyl (C=O) groups excluding carboxylic acids is 2. The van der Waals surface area contributed by atoms with Crippen molar-refractivity contribution in [2.45, 2.75) is 148 Å². The number of carboxylic acid groups (broad SMARTS) is 1. The van der Waals surface area contributed by atoms with E-state index < -0.39 is 11.8 Å². The lowest BCUT2D eigenvalue weighted by atomic mass is 9.97. The van der Waals surface area contributed by atoms with Gasteiger partial charge in [-0.2, -0.15) is 4.39 Å². The molecule has 0 aliphatic carbocycles. The molecule has 0 aliphatic heterocycles. The second kappa shape index (κ2) is 26.9. The molecule has 8 heteroatoms. The van der Waals surface area contributed by atoms with Crippen molar-refractivity contribution in [1.82, 2.24) is 9.80 Å². The fourth-order valence-corrected chi connectivity index (χ4v) is 5.20. The Morgan fingerprint density at radius 2 is 1.32 bits per heavy atom. The fraction of sp³-hybridized carbons (Fsp3) is 0.848. The number of hydrogen-bond acceptors (Lipinski definition) is 5. The van der Waals surface area contributed by atoms with E-state index in [1.807, 2.05) is 14.1 Å². The summed E-state index contributed by atoms with van der Waals surface area (Å²) in [5.74, 6) is -2.50. The molecule has 0 aliphatic rings. The maximum absolute atomic E-state index is 13.5. The van der Waals surface area contributed by atoms with Gasteiger partial charge in [-0.3, -0.25) is 9.59 Å². The number of allylic oxidation sites excluding steroid dienone is 1. The zero-order valence-electron chi connectivity index (χ0n) is 26.8. The van der Waals surface area contributed by atoms with Crippen molar-refractivity contribution in [1.29, 1.82) is 0 Å². The first-order valence-electron chi connectivity index (χ1n) is 16.3. The van der Waals surface area contributed by atoms with E-state index in [0.717, 1.165) is 96.2 Å². The van der Waals surface area contributed by atoms with E-state index in [4.69, 9.17) is 9.84 Å². The highest BCUT2D eigenvalue weighted by Crippen LogP contribution is 2.21. The van der Waals surface area contributed by atoms with Crippen LogP contribution in [0.5, 0.6) is 0 Å². The maximum Gasteiger partial charge on any atom is 0.364 e. The highest BCUT2D eigenvalue weighted by atomic mass is 19.1. The number of hydrogen-bond donors (Lipinski definition) is 1. The lowest BCUT2D eigenvalue weighted by molar-refractivity contribution is -0.140. The molecule has 0 radical (unpaired) electrons. The molecular weight excluding hydrogens is 523 g/mol. The van der Waals surface area contributed by atoms with Crippen molar-refractivity contribution in [3.63, 3.8) is 0 Å². The molecule has 0 heterocycles. The molecule has 0 rings (SSSR count). The van der Waals surface area contributed by atoms with Crippen LogP contribution >= 0.6 is 0 Å². The minimum atomic E-state index is -1.51. The van der Waals surface area contributed by atoms with Gasteiger partial charge < -0.3 is 19.6 Å². The van der Waals surface area contributed by atoms with E-state index in [9.17, 15) is 18.8 Å². The van der Waals surface area contributed by atoms with E-state index in [1.54, 1.807) is 0 Å². The Bertz CT molecular complexity index is 714. The summed E-state index contributed by atoms with van der Waals surface area (Å²) >= 11 is 0. The first kappa shape index (κ1) is 39.0. The zero-order chi connectivity index (χ0) is 30.7. The molecule has 1 atom stereocenters. The number of nitrogens with zero attached hydrogens (tertiary/aromatic N) is 2. The van der Waals surface area contributed by atoms with Crippen LogP contribution in [0.25, 0.3) is 0 Å². The fourth-order valence-electron chi connectivity index (χ4n) is 5.20. The van der Waals surface area contributed by atoms with Crippen LogP contribution in [0.2, 0.25) is 0 Å². The van der Waals surface area contributed by atoms with Crippen LogP contribution in [0, 0.1) is 0 Å². The Morgan fingerprint density at radius 3 is 1.90 bits per heavy atom. The second-order valence-electron chi connectivity index (χ2n) is 11.6. The molecule has 0 bridgehead atoms. The number of carboxylic acids is 1. The van der Waals surface area contributed by atoms with Gasteiger partial charge in [-0.05, 0) is 71.7 Å². The van der Waals surface area contributed by atoms with E-state index in [-0.39, 0.29) is 17.9 Å². The smallest absolute Gasteiger partial charge is 0.364 e. The lowest BCUT2D eigenvalue weighted by Crippen LogP contribution is -2.41. The summed E-state index contributed by atoms with van der Waals surface area (Å²) in [6.45, 7) is 3.89. The topological polar surface area (TPSA) is 87.1 Å². The molecule has 240 valence electrons. The summed E-state index contributed by atoms with van der Waals surface area (Å²) in [6, 6.07) is 0.211. The van der Waals surface area contributed by atoms with Gasteiger partial charge in [-0.1, -0.05) is 84.0 Å². The average Bonchev–Trinajstić information content (AvgIpc) is 2.94. The number of esters is 1. The standard InChI is InChI=1S/C33H61FN2O5/c1-5-6-7-8-9-11-16-22-29(23-17-13-14-18-24-30(34)33(39)40)36(31(37)25-21-27-35(2)3)28-20-15-10-12-19-26-32(38)41-4/h24,29H,5-23,25-28H2,1-4H3,(H,39,40)/b30-24-.